The Bertz CT molecular complexity index is 411. The minimum atomic E-state index is 0.100. The second-order valence-electron chi connectivity index (χ2n) is 4.09. The Morgan fingerprint density at radius 3 is 2.69 bits per heavy atom. The van der Waals surface area contributed by atoms with E-state index in [0.29, 0.717) is 5.92 Å². The molecule has 84 valence electrons. The average molecular weight is 232 g/mol. The van der Waals surface area contributed by atoms with Gasteiger partial charge in [-0.15, -0.1) is 11.3 Å². The lowest BCUT2D eigenvalue weighted by Gasteiger charge is -2.19. The molecule has 0 bridgehead atoms. The van der Waals surface area contributed by atoms with Gasteiger partial charge in [0, 0.05) is 17.1 Å². The molecule has 0 spiro atoms. The summed E-state index contributed by atoms with van der Waals surface area (Å²) in [6.07, 6.45) is 2.93. The number of benzene rings is 1. The number of hydrogen-bond donors (Lipinski definition) is 1. The number of nitrogens with zero attached hydrogens (tertiary/aromatic N) is 1. The SMILES string of the molecule is CC(Cc1cncs1)C(N)c1ccccc1. The van der Waals surface area contributed by atoms with Gasteiger partial charge in [0.2, 0.25) is 0 Å². The fraction of sp³-hybridized carbons (Fsp3) is 0.308. The predicted molar refractivity (Wildman–Crippen MR) is 68.4 cm³/mol. The fourth-order valence-corrected chi connectivity index (χ4v) is 2.53. The van der Waals surface area contributed by atoms with Crippen LogP contribution in [0.2, 0.25) is 0 Å². The molecule has 2 rings (SSSR count). The van der Waals surface area contributed by atoms with Gasteiger partial charge in [-0.05, 0) is 17.9 Å². The molecule has 16 heavy (non-hydrogen) atoms. The van der Waals surface area contributed by atoms with Crippen LogP contribution in [0.4, 0.5) is 0 Å². The Labute approximate surface area is 100 Å². The highest BCUT2D eigenvalue weighted by Gasteiger charge is 2.15. The summed E-state index contributed by atoms with van der Waals surface area (Å²) in [5.41, 5.74) is 9.32. The molecule has 0 aliphatic heterocycles. The molecule has 3 heteroatoms. The first-order chi connectivity index (χ1) is 7.77. The number of rotatable bonds is 4. The zero-order valence-corrected chi connectivity index (χ0v) is 10.2. The molecule has 0 radical (unpaired) electrons. The van der Waals surface area contributed by atoms with Gasteiger partial charge in [0.1, 0.15) is 0 Å². The molecule has 2 unspecified atom stereocenters. The Morgan fingerprint density at radius 2 is 2.06 bits per heavy atom. The lowest BCUT2D eigenvalue weighted by Crippen LogP contribution is -2.20. The number of aromatic nitrogens is 1. The van der Waals surface area contributed by atoms with E-state index in [2.05, 4.69) is 24.0 Å². The zero-order valence-electron chi connectivity index (χ0n) is 9.34. The zero-order chi connectivity index (χ0) is 11.4. The van der Waals surface area contributed by atoms with Gasteiger partial charge in [0.05, 0.1) is 5.51 Å². The van der Waals surface area contributed by atoms with Gasteiger partial charge in [0.15, 0.2) is 0 Å². The van der Waals surface area contributed by atoms with Crippen LogP contribution in [0.1, 0.15) is 23.4 Å². The van der Waals surface area contributed by atoms with E-state index < -0.39 is 0 Å². The molecular weight excluding hydrogens is 216 g/mol. The van der Waals surface area contributed by atoms with Crippen molar-refractivity contribution >= 4 is 11.3 Å². The number of thiazole rings is 1. The summed E-state index contributed by atoms with van der Waals surface area (Å²) in [5.74, 6) is 0.433. The molecule has 0 saturated carbocycles. The van der Waals surface area contributed by atoms with Crippen molar-refractivity contribution in [3.05, 3.63) is 52.5 Å². The highest BCUT2D eigenvalue weighted by atomic mass is 32.1. The van der Waals surface area contributed by atoms with E-state index in [1.54, 1.807) is 11.3 Å². The molecule has 1 heterocycles. The van der Waals surface area contributed by atoms with Crippen LogP contribution in [0.5, 0.6) is 0 Å². The van der Waals surface area contributed by atoms with Gasteiger partial charge in [-0.3, -0.25) is 4.98 Å². The first kappa shape index (κ1) is 11.3. The normalized spacial score (nSPS) is 14.6. The maximum atomic E-state index is 6.24. The van der Waals surface area contributed by atoms with Crippen molar-refractivity contribution in [2.24, 2.45) is 11.7 Å². The van der Waals surface area contributed by atoms with Crippen LogP contribution < -0.4 is 5.73 Å². The third-order valence-corrected chi connectivity index (χ3v) is 3.61. The molecular formula is C13H16N2S. The molecule has 1 aromatic carbocycles. The van der Waals surface area contributed by atoms with Gasteiger partial charge in [-0.2, -0.15) is 0 Å². The van der Waals surface area contributed by atoms with Crippen molar-refractivity contribution in [1.82, 2.24) is 4.98 Å². The standard InChI is InChI=1S/C13H16N2S/c1-10(7-12-8-15-9-16-12)13(14)11-5-3-2-4-6-11/h2-6,8-10,13H,7,14H2,1H3. The first-order valence-corrected chi connectivity index (χ1v) is 6.33. The van der Waals surface area contributed by atoms with E-state index >= 15 is 0 Å². The Balaban J connectivity index is 2.02. The Morgan fingerprint density at radius 1 is 1.31 bits per heavy atom. The maximum Gasteiger partial charge on any atom is 0.0794 e. The fourth-order valence-electron chi connectivity index (χ4n) is 1.79. The van der Waals surface area contributed by atoms with Gasteiger partial charge in [-0.1, -0.05) is 37.3 Å². The quantitative estimate of drug-likeness (QED) is 0.880. The first-order valence-electron chi connectivity index (χ1n) is 5.45. The molecule has 2 N–H and O–H groups in total. The minimum Gasteiger partial charge on any atom is -0.324 e. The van der Waals surface area contributed by atoms with Crippen molar-refractivity contribution in [1.29, 1.82) is 0 Å². The van der Waals surface area contributed by atoms with E-state index in [1.807, 2.05) is 29.9 Å². The summed E-state index contributed by atoms with van der Waals surface area (Å²) < 4.78 is 0. The number of nitrogens with two attached hydrogens (primary N) is 1. The summed E-state index contributed by atoms with van der Waals surface area (Å²) in [4.78, 5) is 5.39. The van der Waals surface area contributed by atoms with Crippen molar-refractivity contribution in [3.8, 4) is 0 Å². The lowest BCUT2D eigenvalue weighted by molar-refractivity contribution is 0.471. The van der Waals surface area contributed by atoms with Crippen LogP contribution in [0.25, 0.3) is 0 Å². The van der Waals surface area contributed by atoms with Gasteiger partial charge in [-0.25, -0.2) is 0 Å². The molecule has 0 fully saturated rings. The van der Waals surface area contributed by atoms with Crippen molar-refractivity contribution < 1.29 is 0 Å². The molecule has 0 aliphatic carbocycles. The summed E-state index contributed by atoms with van der Waals surface area (Å²) in [6.45, 7) is 2.19. The van der Waals surface area contributed by atoms with Crippen LogP contribution in [0, 0.1) is 5.92 Å². The van der Waals surface area contributed by atoms with E-state index in [1.165, 1.54) is 10.4 Å². The average Bonchev–Trinajstić information content (AvgIpc) is 2.82. The third-order valence-electron chi connectivity index (χ3n) is 2.80. The predicted octanol–water partition coefficient (Wildman–Crippen LogP) is 3.02. The van der Waals surface area contributed by atoms with Crippen LogP contribution >= 0.6 is 11.3 Å². The largest absolute Gasteiger partial charge is 0.324 e. The van der Waals surface area contributed by atoms with Crippen LogP contribution in [0.3, 0.4) is 0 Å². The summed E-state index contributed by atoms with van der Waals surface area (Å²) in [7, 11) is 0. The second kappa shape index (κ2) is 5.23. The van der Waals surface area contributed by atoms with E-state index in [9.17, 15) is 0 Å². The molecule has 2 nitrogen and oxygen atoms in total. The molecule has 0 amide bonds. The molecule has 0 saturated heterocycles. The van der Waals surface area contributed by atoms with Crippen LogP contribution in [-0.2, 0) is 6.42 Å². The van der Waals surface area contributed by atoms with Gasteiger partial charge in [0.25, 0.3) is 0 Å². The Kier molecular flexibility index (Phi) is 3.70. The van der Waals surface area contributed by atoms with E-state index in [-0.39, 0.29) is 6.04 Å². The van der Waals surface area contributed by atoms with E-state index in [0.717, 1.165) is 6.42 Å². The minimum absolute atomic E-state index is 0.100. The number of hydrogen-bond acceptors (Lipinski definition) is 3. The molecule has 0 aliphatic rings. The maximum absolute atomic E-state index is 6.24. The van der Waals surface area contributed by atoms with Crippen molar-refractivity contribution in [2.75, 3.05) is 0 Å². The summed E-state index contributed by atoms with van der Waals surface area (Å²) in [5, 5.41) is 0. The second-order valence-corrected chi connectivity index (χ2v) is 5.06. The lowest BCUT2D eigenvalue weighted by atomic mass is 9.92. The van der Waals surface area contributed by atoms with Crippen molar-refractivity contribution in [3.63, 3.8) is 0 Å². The van der Waals surface area contributed by atoms with Crippen molar-refractivity contribution in [2.45, 2.75) is 19.4 Å². The molecule has 2 aromatic rings. The summed E-state index contributed by atoms with van der Waals surface area (Å²) in [6, 6.07) is 10.4. The monoisotopic (exact) mass is 232 g/mol. The topological polar surface area (TPSA) is 38.9 Å². The smallest absolute Gasteiger partial charge is 0.0794 e. The van der Waals surface area contributed by atoms with E-state index in [4.69, 9.17) is 5.73 Å². The van der Waals surface area contributed by atoms with Crippen LogP contribution in [-0.4, -0.2) is 4.98 Å². The summed E-state index contributed by atoms with van der Waals surface area (Å²) >= 11 is 1.70. The van der Waals surface area contributed by atoms with Crippen LogP contribution in [0.15, 0.2) is 42.0 Å². The highest BCUT2D eigenvalue weighted by molar-refractivity contribution is 7.09. The molecule has 1 aromatic heterocycles. The third kappa shape index (κ3) is 2.68. The highest BCUT2D eigenvalue weighted by Crippen LogP contribution is 2.23. The molecule has 2 atom stereocenters. The van der Waals surface area contributed by atoms with Gasteiger partial charge >= 0.3 is 0 Å². The Hall–Kier alpha value is -1.19. The van der Waals surface area contributed by atoms with Gasteiger partial charge < -0.3 is 5.73 Å².